The lowest BCUT2D eigenvalue weighted by Gasteiger charge is -2.41. The standard InChI is InChI=1S/C58H84N8O12/c1-40(2)36-45(63-49(68)46(37-41-22-13-10-14-23-41)64-50(69)47(38-42-24-15-11-16-25-42)65-55(74)78-57(6,7)8)48(67)62-44(28-19-20-31-59-53(72)76-39-43-26-17-12-18-27-43)51(70)66-34-29-58(30-35-66,52(71)75-9)61-33-21-32-60-54(73)77-56(3,4)5/h10-18,22-27,40,44-47,61H,19-21,28-39H2,1-9H3,(H,59,72)(H,60,73)(H,62,67)(H,63,68)(H,64,69)(H,65,74)/t44-,45-,46-,47-/m1/s1. The number of amides is 7. The van der Waals surface area contributed by atoms with Gasteiger partial charge < -0.3 is 61.1 Å². The smallest absolute Gasteiger partial charge is 0.408 e. The molecule has 3 aromatic rings. The molecule has 1 aliphatic heterocycles. The van der Waals surface area contributed by atoms with Crippen LogP contribution in [0.1, 0.15) is 117 Å². The Kier molecular flexibility index (Phi) is 25.4. The highest BCUT2D eigenvalue weighted by Crippen LogP contribution is 2.25. The molecule has 1 heterocycles. The molecule has 7 N–H and O–H groups in total. The van der Waals surface area contributed by atoms with E-state index in [1.165, 1.54) is 7.11 Å². The minimum atomic E-state index is -1.22. The van der Waals surface area contributed by atoms with Crippen molar-refractivity contribution in [2.24, 2.45) is 5.92 Å². The number of benzene rings is 3. The predicted molar refractivity (Wildman–Crippen MR) is 295 cm³/mol. The summed E-state index contributed by atoms with van der Waals surface area (Å²) in [5, 5.41) is 20.1. The fourth-order valence-electron chi connectivity index (χ4n) is 8.68. The Balaban J connectivity index is 1.53. The average Bonchev–Trinajstić information content (AvgIpc) is 3.39. The Morgan fingerprint density at radius 3 is 1.54 bits per heavy atom. The second-order valence-electron chi connectivity index (χ2n) is 22.0. The van der Waals surface area contributed by atoms with Crippen LogP contribution in [0.15, 0.2) is 91.0 Å². The van der Waals surface area contributed by atoms with Crippen molar-refractivity contribution in [3.63, 3.8) is 0 Å². The Labute approximate surface area is 459 Å². The van der Waals surface area contributed by atoms with Crippen LogP contribution in [-0.2, 0) is 62.4 Å². The fourth-order valence-corrected chi connectivity index (χ4v) is 8.68. The molecule has 0 radical (unpaired) electrons. The number of hydrogen-bond acceptors (Lipinski definition) is 13. The zero-order valence-corrected chi connectivity index (χ0v) is 47.0. The SMILES string of the molecule is COC(=O)C1(NCCCNC(=O)OC(C)(C)C)CCN(C(=O)[C@@H](CCCCNC(=O)OCc2ccccc2)NC(=O)[C@@H](CC(C)C)NC(=O)[C@@H](Cc2ccccc2)NC(=O)[C@@H](Cc2ccccc2)NC(=O)OC(C)(C)C)CC1. The first-order valence-electron chi connectivity index (χ1n) is 27.0. The number of unbranched alkanes of at least 4 members (excludes halogenated alkanes) is 1. The fraction of sp³-hybridized carbons (Fsp3) is 0.552. The second-order valence-corrected chi connectivity index (χ2v) is 22.0. The normalized spacial score (nSPS) is 14.8. The van der Waals surface area contributed by atoms with Crippen molar-refractivity contribution in [2.75, 3.05) is 39.8 Å². The summed E-state index contributed by atoms with van der Waals surface area (Å²) in [4.78, 5) is 111. The van der Waals surface area contributed by atoms with Gasteiger partial charge in [0.25, 0.3) is 0 Å². The van der Waals surface area contributed by atoms with Gasteiger partial charge in [0.2, 0.25) is 23.6 Å². The van der Waals surface area contributed by atoms with E-state index in [0.717, 1.165) is 16.7 Å². The van der Waals surface area contributed by atoms with Crippen LogP contribution in [0.4, 0.5) is 14.4 Å². The molecule has 0 aromatic heterocycles. The molecule has 20 nitrogen and oxygen atoms in total. The minimum absolute atomic E-state index is 0.0354. The predicted octanol–water partition coefficient (Wildman–Crippen LogP) is 6.00. The van der Waals surface area contributed by atoms with Crippen LogP contribution in [0.2, 0.25) is 0 Å². The maximum atomic E-state index is 14.6. The van der Waals surface area contributed by atoms with Gasteiger partial charge in [-0.2, -0.15) is 0 Å². The molecule has 3 aromatic carbocycles. The van der Waals surface area contributed by atoms with Crippen molar-refractivity contribution in [3.8, 4) is 0 Å². The molecule has 0 unspecified atom stereocenters. The lowest BCUT2D eigenvalue weighted by atomic mass is 9.86. The van der Waals surface area contributed by atoms with Crippen LogP contribution in [-0.4, -0.2) is 134 Å². The lowest BCUT2D eigenvalue weighted by Crippen LogP contribution is -2.62. The number of likely N-dealkylation sites (tertiary alicyclic amines) is 1. The number of ether oxygens (including phenoxy) is 4. The number of hydrogen-bond donors (Lipinski definition) is 7. The van der Waals surface area contributed by atoms with Gasteiger partial charge in [0.1, 0.15) is 47.5 Å². The van der Waals surface area contributed by atoms with E-state index in [2.05, 4.69) is 37.2 Å². The molecule has 78 heavy (non-hydrogen) atoms. The van der Waals surface area contributed by atoms with Gasteiger partial charge in [-0.05, 0) is 116 Å². The first kappa shape index (κ1) is 63.3. The molecule has 4 rings (SSSR count). The van der Waals surface area contributed by atoms with E-state index in [4.69, 9.17) is 18.9 Å². The van der Waals surface area contributed by atoms with Gasteiger partial charge in [0.05, 0.1) is 7.11 Å². The number of esters is 1. The summed E-state index contributed by atoms with van der Waals surface area (Å²) in [7, 11) is 1.30. The van der Waals surface area contributed by atoms with Crippen LogP contribution in [0.5, 0.6) is 0 Å². The van der Waals surface area contributed by atoms with Gasteiger partial charge in [-0.1, -0.05) is 105 Å². The minimum Gasteiger partial charge on any atom is -0.468 e. The third-order valence-electron chi connectivity index (χ3n) is 12.6. The number of piperidine rings is 1. The maximum absolute atomic E-state index is 14.6. The molecule has 428 valence electrons. The van der Waals surface area contributed by atoms with Gasteiger partial charge in [-0.3, -0.25) is 24.0 Å². The summed E-state index contributed by atoms with van der Waals surface area (Å²) in [5.41, 5.74) is -0.334. The van der Waals surface area contributed by atoms with Crippen molar-refractivity contribution in [1.82, 2.24) is 42.1 Å². The second kappa shape index (κ2) is 31.2. The molecule has 1 saturated heterocycles. The summed E-state index contributed by atoms with van der Waals surface area (Å²) in [6, 6.07) is 22.8. The Morgan fingerprint density at radius 2 is 1.01 bits per heavy atom. The van der Waals surface area contributed by atoms with Crippen molar-refractivity contribution in [2.45, 2.75) is 161 Å². The van der Waals surface area contributed by atoms with Crippen LogP contribution in [0.3, 0.4) is 0 Å². The number of nitrogens with zero attached hydrogens (tertiary/aromatic N) is 1. The zero-order valence-electron chi connectivity index (χ0n) is 47.0. The number of nitrogens with one attached hydrogen (secondary N) is 7. The van der Waals surface area contributed by atoms with Crippen molar-refractivity contribution in [3.05, 3.63) is 108 Å². The van der Waals surface area contributed by atoms with E-state index < -0.39 is 88.8 Å². The monoisotopic (exact) mass is 1080 g/mol. The van der Waals surface area contributed by atoms with E-state index >= 15 is 0 Å². The maximum Gasteiger partial charge on any atom is 0.408 e. The molecule has 0 spiro atoms. The van der Waals surface area contributed by atoms with Crippen LogP contribution >= 0.6 is 0 Å². The summed E-state index contributed by atoms with van der Waals surface area (Å²) in [6.07, 6.45) is 0.164. The molecule has 0 bridgehead atoms. The van der Waals surface area contributed by atoms with E-state index in [9.17, 15) is 38.4 Å². The van der Waals surface area contributed by atoms with E-state index in [1.54, 1.807) is 58.6 Å². The first-order valence-corrected chi connectivity index (χ1v) is 27.0. The van der Waals surface area contributed by atoms with Gasteiger partial charge >= 0.3 is 24.2 Å². The third kappa shape index (κ3) is 23.2. The summed E-state index contributed by atoms with van der Waals surface area (Å²) in [6.45, 7) is 15.4. The first-order chi connectivity index (χ1) is 37.0. The molecule has 0 aliphatic carbocycles. The van der Waals surface area contributed by atoms with Gasteiger partial charge in [-0.15, -0.1) is 0 Å². The topological polar surface area (TPSA) is 261 Å². The largest absolute Gasteiger partial charge is 0.468 e. The highest BCUT2D eigenvalue weighted by Gasteiger charge is 2.44. The van der Waals surface area contributed by atoms with Crippen molar-refractivity contribution >= 4 is 47.9 Å². The quantitative estimate of drug-likeness (QED) is 0.0263. The van der Waals surface area contributed by atoms with Crippen LogP contribution in [0.25, 0.3) is 0 Å². The Hall–Kier alpha value is -7.22. The molecule has 20 heteroatoms. The van der Waals surface area contributed by atoms with Crippen LogP contribution in [0, 0.1) is 5.92 Å². The Bertz CT molecular complexity index is 2390. The van der Waals surface area contributed by atoms with Gasteiger partial charge in [0.15, 0.2) is 0 Å². The highest BCUT2D eigenvalue weighted by atomic mass is 16.6. The van der Waals surface area contributed by atoms with E-state index in [-0.39, 0.29) is 70.7 Å². The molecule has 4 atom stereocenters. The number of alkyl carbamates (subject to hydrolysis) is 3. The summed E-state index contributed by atoms with van der Waals surface area (Å²) in [5.74, 6) is -2.95. The third-order valence-corrected chi connectivity index (χ3v) is 12.6. The number of methoxy groups -OCH3 is 1. The van der Waals surface area contributed by atoms with Gasteiger partial charge in [-0.25, -0.2) is 14.4 Å². The zero-order chi connectivity index (χ0) is 57.3. The number of carbonyl (C=O) groups excluding carboxylic acids is 8. The molecule has 1 aliphatic rings. The van der Waals surface area contributed by atoms with Gasteiger partial charge in [0, 0.05) is 39.0 Å². The molecule has 7 amide bonds. The summed E-state index contributed by atoms with van der Waals surface area (Å²) < 4.78 is 21.4. The van der Waals surface area contributed by atoms with E-state index in [0.29, 0.717) is 32.4 Å². The Morgan fingerprint density at radius 1 is 0.551 bits per heavy atom. The molecule has 0 saturated carbocycles. The van der Waals surface area contributed by atoms with E-state index in [1.807, 2.05) is 92.7 Å². The number of carbonyl (C=O) groups is 8. The lowest BCUT2D eigenvalue weighted by molar-refractivity contribution is -0.153. The van der Waals surface area contributed by atoms with Crippen LogP contribution < -0.4 is 37.2 Å². The number of rotatable bonds is 27. The van der Waals surface area contributed by atoms with Crippen molar-refractivity contribution in [1.29, 1.82) is 0 Å². The molecule has 1 fully saturated rings. The van der Waals surface area contributed by atoms with Crippen molar-refractivity contribution < 1.29 is 57.3 Å². The molecular formula is C58H84N8O12. The highest BCUT2D eigenvalue weighted by molar-refractivity contribution is 5.95. The molecular weight excluding hydrogens is 1000 g/mol. The average molecular weight is 1090 g/mol. The summed E-state index contributed by atoms with van der Waals surface area (Å²) >= 11 is 0.